The van der Waals surface area contributed by atoms with E-state index in [1.54, 1.807) is 0 Å². The van der Waals surface area contributed by atoms with Crippen LogP contribution in [0.5, 0.6) is 0 Å². The maximum atomic E-state index is 13.0. The highest BCUT2D eigenvalue weighted by Crippen LogP contribution is 2.34. The Morgan fingerprint density at radius 2 is 1.61 bits per heavy atom. The molecular weight excluding hydrogens is 440 g/mol. The first-order chi connectivity index (χ1) is 12.1. The summed E-state index contributed by atoms with van der Waals surface area (Å²) >= 11 is 0. The number of rotatable bonds is 6. The number of nitrogens with two attached hydrogens (primary N) is 2. The summed E-state index contributed by atoms with van der Waals surface area (Å²) in [5.74, 6) is 0.470. The van der Waals surface area contributed by atoms with Crippen LogP contribution in [0.2, 0.25) is 0 Å². The summed E-state index contributed by atoms with van der Waals surface area (Å²) in [4.78, 5) is 3.24. The zero-order valence-electron chi connectivity index (χ0n) is 15.0. The lowest BCUT2D eigenvalue weighted by Crippen LogP contribution is -2.33. The molecule has 1 aliphatic rings. The van der Waals surface area contributed by atoms with Crippen molar-refractivity contribution in [2.45, 2.75) is 36.8 Å². The third-order valence-corrected chi connectivity index (χ3v) is 6.02. The molecule has 28 heavy (non-hydrogen) atoms. The molecule has 0 amide bonds. The summed E-state index contributed by atoms with van der Waals surface area (Å²) in [5.41, 5.74) is 9.44. The van der Waals surface area contributed by atoms with Gasteiger partial charge in [-0.3, -0.25) is 4.99 Å². The molecule has 12 heteroatoms. The van der Waals surface area contributed by atoms with Crippen LogP contribution in [0.15, 0.2) is 34.2 Å². The fourth-order valence-electron chi connectivity index (χ4n) is 3.09. The Balaban J connectivity index is 0.00000364. The summed E-state index contributed by atoms with van der Waals surface area (Å²) < 4.78 is 66.1. The Labute approximate surface area is 175 Å². The highest BCUT2D eigenvalue weighted by Gasteiger charge is 2.37. The molecule has 0 unspecified atom stereocenters. The second kappa shape index (κ2) is 11.1. The van der Waals surface area contributed by atoms with Crippen LogP contribution in [-0.4, -0.2) is 27.5 Å². The molecule has 0 saturated heterocycles. The number of benzene rings is 1. The summed E-state index contributed by atoms with van der Waals surface area (Å²) in [6, 6.07) is 4.18. The van der Waals surface area contributed by atoms with Crippen molar-refractivity contribution in [3.8, 4) is 0 Å². The normalized spacial score (nSPS) is 19.8. The zero-order chi connectivity index (χ0) is 19.4. The van der Waals surface area contributed by atoms with E-state index in [0.29, 0.717) is 12.5 Å². The number of sulfonamides is 1. The summed E-state index contributed by atoms with van der Waals surface area (Å²) in [5, 5.41) is 0. The summed E-state index contributed by atoms with van der Waals surface area (Å²) in [6.07, 6.45) is -1.48. The van der Waals surface area contributed by atoms with Gasteiger partial charge in [-0.25, -0.2) is 13.1 Å². The molecule has 1 aromatic rings. The largest absolute Gasteiger partial charge is 0.417 e. The predicted molar refractivity (Wildman–Crippen MR) is 107 cm³/mol. The third-order valence-electron chi connectivity index (χ3n) is 4.54. The molecule has 0 spiro atoms. The highest BCUT2D eigenvalue weighted by molar-refractivity contribution is 7.89. The molecule has 0 bridgehead atoms. The molecule has 0 heterocycles. The van der Waals surface area contributed by atoms with E-state index >= 15 is 0 Å². The summed E-state index contributed by atoms with van der Waals surface area (Å²) in [7, 11) is -4.23. The van der Waals surface area contributed by atoms with Crippen LogP contribution in [0.4, 0.5) is 13.2 Å². The lowest BCUT2D eigenvalue weighted by atomic mass is 9.82. The van der Waals surface area contributed by atoms with E-state index in [0.717, 1.165) is 37.8 Å². The quantitative estimate of drug-likeness (QED) is 0.443. The molecule has 1 fully saturated rings. The molecule has 2 rings (SSSR count). The predicted octanol–water partition coefficient (Wildman–Crippen LogP) is 2.91. The number of hydrogen-bond donors (Lipinski definition) is 3. The maximum absolute atomic E-state index is 13.0. The maximum Gasteiger partial charge on any atom is 0.417 e. The van der Waals surface area contributed by atoms with Crippen molar-refractivity contribution in [3.05, 3.63) is 29.8 Å². The first-order valence-electron chi connectivity index (χ1n) is 8.31. The van der Waals surface area contributed by atoms with Gasteiger partial charge in [-0.2, -0.15) is 13.2 Å². The van der Waals surface area contributed by atoms with Crippen molar-refractivity contribution in [2.75, 3.05) is 13.1 Å². The van der Waals surface area contributed by atoms with Crippen molar-refractivity contribution >= 4 is 40.8 Å². The van der Waals surface area contributed by atoms with E-state index in [1.807, 2.05) is 0 Å². The van der Waals surface area contributed by atoms with Crippen molar-refractivity contribution in [3.63, 3.8) is 0 Å². The number of halogens is 5. The van der Waals surface area contributed by atoms with Crippen LogP contribution in [0, 0.1) is 11.8 Å². The van der Waals surface area contributed by atoms with E-state index in [-0.39, 0.29) is 43.2 Å². The van der Waals surface area contributed by atoms with E-state index in [1.165, 1.54) is 12.1 Å². The molecule has 0 aliphatic heterocycles. The van der Waals surface area contributed by atoms with Crippen LogP contribution in [0.25, 0.3) is 0 Å². The smallest absolute Gasteiger partial charge is 0.370 e. The van der Waals surface area contributed by atoms with Gasteiger partial charge in [-0.15, -0.1) is 24.8 Å². The van der Waals surface area contributed by atoms with Crippen LogP contribution in [-0.2, 0) is 16.2 Å². The van der Waals surface area contributed by atoms with E-state index in [9.17, 15) is 21.6 Å². The average Bonchev–Trinajstić information content (AvgIpc) is 2.58. The van der Waals surface area contributed by atoms with Gasteiger partial charge in [0.15, 0.2) is 5.96 Å². The second-order valence-corrected chi connectivity index (χ2v) is 8.23. The number of guanidine groups is 1. The van der Waals surface area contributed by atoms with Crippen molar-refractivity contribution in [1.29, 1.82) is 0 Å². The Hall–Kier alpha value is -1.23. The Morgan fingerprint density at radius 3 is 2.14 bits per heavy atom. The standard InChI is InChI=1S/C16H23F3N4O2S.2ClH/c17-16(18,19)13-3-1-2-4-14(13)26(24,25)23-10-12-7-5-11(6-8-12)9-22-15(20)21;;/h1-4,11-12,23H,5-10H2,(H4,20,21,22);2*1H. The van der Waals surface area contributed by atoms with Gasteiger partial charge in [0, 0.05) is 13.1 Å². The van der Waals surface area contributed by atoms with Gasteiger partial charge >= 0.3 is 6.18 Å². The summed E-state index contributed by atoms with van der Waals surface area (Å²) in [6.45, 7) is 0.656. The van der Waals surface area contributed by atoms with Crippen LogP contribution in [0.1, 0.15) is 31.2 Å². The van der Waals surface area contributed by atoms with Crippen LogP contribution >= 0.6 is 24.8 Å². The first kappa shape index (κ1) is 26.8. The molecule has 0 aromatic heterocycles. The number of nitrogens with zero attached hydrogens (tertiary/aromatic N) is 1. The zero-order valence-corrected chi connectivity index (χ0v) is 17.4. The number of nitrogens with one attached hydrogen (secondary N) is 1. The SMILES string of the molecule is Cl.Cl.NC(N)=NCC1CCC(CNS(=O)(=O)c2ccccc2C(F)(F)F)CC1. The Bertz CT molecular complexity index is 749. The molecular formula is C16H25Cl2F3N4O2S. The molecule has 162 valence electrons. The molecule has 0 atom stereocenters. The van der Waals surface area contributed by atoms with Gasteiger partial charge in [-0.05, 0) is 49.7 Å². The highest BCUT2D eigenvalue weighted by atomic mass is 35.5. The number of alkyl halides is 3. The van der Waals surface area contributed by atoms with Gasteiger partial charge in [-0.1, -0.05) is 12.1 Å². The fraction of sp³-hybridized carbons (Fsp3) is 0.562. The molecule has 1 aliphatic carbocycles. The second-order valence-electron chi connectivity index (χ2n) is 6.50. The van der Waals surface area contributed by atoms with Gasteiger partial charge in [0.2, 0.25) is 10.0 Å². The van der Waals surface area contributed by atoms with Crippen LogP contribution < -0.4 is 16.2 Å². The van der Waals surface area contributed by atoms with E-state index < -0.39 is 26.7 Å². The Kier molecular flexibility index (Phi) is 10.6. The average molecular weight is 465 g/mol. The molecule has 1 saturated carbocycles. The third kappa shape index (κ3) is 7.65. The van der Waals surface area contributed by atoms with Gasteiger partial charge in [0.1, 0.15) is 0 Å². The minimum Gasteiger partial charge on any atom is -0.370 e. The van der Waals surface area contributed by atoms with Gasteiger partial charge < -0.3 is 11.5 Å². The Morgan fingerprint density at radius 1 is 1.07 bits per heavy atom. The van der Waals surface area contributed by atoms with Crippen LogP contribution in [0.3, 0.4) is 0 Å². The topological polar surface area (TPSA) is 111 Å². The molecule has 1 aromatic carbocycles. The molecule has 6 nitrogen and oxygen atoms in total. The lowest BCUT2D eigenvalue weighted by molar-refractivity contribution is -0.139. The van der Waals surface area contributed by atoms with Crippen molar-refractivity contribution in [2.24, 2.45) is 28.3 Å². The minimum atomic E-state index is -4.73. The van der Waals surface area contributed by atoms with Gasteiger partial charge in [0.25, 0.3) is 0 Å². The van der Waals surface area contributed by atoms with Crippen molar-refractivity contribution < 1.29 is 21.6 Å². The van der Waals surface area contributed by atoms with Gasteiger partial charge in [0.05, 0.1) is 10.5 Å². The minimum absolute atomic E-state index is 0. The fourth-order valence-corrected chi connectivity index (χ4v) is 4.43. The lowest BCUT2D eigenvalue weighted by Gasteiger charge is -2.27. The number of hydrogen-bond acceptors (Lipinski definition) is 3. The van der Waals surface area contributed by atoms with E-state index in [4.69, 9.17) is 11.5 Å². The number of aliphatic imine (C=N–C) groups is 1. The monoisotopic (exact) mass is 464 g/mol. The van der Waals surface area contributed by atoms with E-state index in [2.05, 4.69) is 9.71 Å². The molecule has 5 N–H and O–H groups in total. The first-order valence-corrected chi connectivity index (χ1v) is 9.79. The van der Waals surface area contributed by atoms with Crippen molar-refractivity contribution in [1.82, 2.24) is 4.72 Å². The molecule has 0 radical (unpaired) electrons.